The largest absolute Gasteiger partial charge is 0.378 e. The summed E-state index contributed by atoms with van der Waals surface area (Å²) >= 11 is 12.1. The van der Waals surface area contributed by atoms with Crippen molar-refractivity contribution >= 4 is 40.8 Å². The van der Waals surface area contributed by atoms with Gasteiger partial charge >= 0.3 is 0 Å². The summed E-state index contributed by atoms with van der Waals surface area (Å²) in [5.41, 5.74) is 0.728. The van der Waals surface area contributed by atoms with E-state index in [4.69, 9.17) is 23.2 Å². The van der Waals surface area contributed by atoms with Crippen LogP contribution in [0.1, 0.15) is 43.7 Å². The minimum atomic E-state index is -1.86. The Balaban J connectivity index is 1.65. The summed E-state index contributed by atoms with van der Waals surface area (Å²) in [7, 11) is 0. The summed E-state index contributed by atoms with van der Waals surface area (Å²) < 4.78 is 26.7. The van der Waals surface area contributed by atoms with Gasteiger partial charge in [0.25, 0.3) is 5.91 Å². The molecule has 0 fully saturated rings. The van der Waals surface area contributed by atoms with Crippen molar-refractivity contribution in [3.8, 4) is 0 Å². The van der Waals surface area contributed by atoms with Gasteiger partial charge in [0.1, 0.15) is 17.7 Å². The third kappa shape index (κ3) is 5.72. The van der Waals surface area contributed by atoms with Crippen LogP contribution in [-0.4, -0.2) is 33.2 Å². The van der Waals surface area contributed by atoms with Crippen molar-refractivity contribution in [2.45, 2.75) is 38.3 Å². The number of carbonyl (C=O) groups excluding carboxylic acids is 2. The van der Waals surface area contributed by atoms with Crippen LogP contribution in [0.15, 0.2) is 42.5 Å². The van der Waals surface area contributed by atoms with E-state index in [1.54, 1.807) is 18.2 Å². The second-order valence-electron chi connectivity index (χ2n) is 8.25. The van der Waals surface area contributed by atoms with Gasteiger partial charge in [0.05, 0.1) is 10.0 Å². The van der Waals surface area contributed by atoms with Gasteiger partial charge in [-0.05, 0) is 42.3 Å². The van der Waals surface area contributed by atoms with E-state index >= 15 is 0 Å². The summed E-state index contributed by atoms with van der Waals surface area (Å²) in [5.74, 6) is -3.27. The van der Waals surface area contributed by atoms with Crippen LogP contribution in [0.3, 0.4) is 0 Å². The number of carbonyl (C=O) groups is 2. The quantitative estimate of drug-likeness (QED) is 0.375. The van der Waals surface area contributed by atoms with E-state index in [-0.39, 0.29) is 11.4 Å². The van der Waals surface area contributed by atoms with Gasteiger partial charge < -0.3 is 15.7 Å². The molecule has 2 amide bonds. The number of hydrogen-bond donors (Lipinski definition) is 4. The highest BCUT2D eigenvalue weighted by Gasteiger charge is 2.28. The van der Waals surface area contributed by atoms with Crippen molar-refractivity contribution in [2.75, 3.05) is 5.32 Å². The monoisotopic (exact) mass is 510 g/mol. The van der Waals surface area contributed by atoms with Gasteiger partial charge in [-0.3, -0.25) is 14.7 Å². The number of benzene rings is 2. The predicted octanol–water partition coefficient (Wildman–Crippen LogP) is 4.50. The third-order valence-corrected chi connectivity index (χ3v) is 6.08. The van der Waals surface area contributed by atoms with E-state index in [1.807, 2.05) is 19.9 Å². The number of aliphatic hydroxyl groups is 1. The molecule has 1 aromatic heterocycles. The Labute approximate surface area is 204 Å². The maximum absolute atomic E-state index is 13.3. The zero-order valence-corrected chi connectivity index (χ0v) is 19.9. The van der Waals surface area contributed by atoms with Crippen molar-refractivity contribution in [1.82, 2.24) is 15.5 Å². The lowest BCUT2D eigenvalue weighted by molar-refractivity contribution is -0.132. The number of hydrogen-bond acceptors (Lipinski definition) is 4. The van der Waals surface area contributed by atoms with E-state index in [0.717, 1.165) is 17.7 Å². The highest BCUT2D eigenvalue weighted by molar-refractivity contribution is 6.42. The van der Waals surface area contributed by atoms with Gasteiger partial charge in [0.2, 0.25) is 5.91 Å². The molecule has 2 atom stereocenters. The highest BCUT2D eigenvalue weighted by Crippen LogP contribution is 2.34. The number of aromatic nitrogens is 2. The van der Waals surface area contributed by atoms with Gasteiger partial charge in [-0.25, -0.2) is 8.78 Å². The molecule has 0 radical (unpaired) electrons. The molecule has 0 saturated carbocycles. The Bertz CT molecular complexity index is 1210. The number of halogens is 4. The van der Waals surface area contributed by atoms with Crippen molar-refractivity contribution in [2.24, 2.45) is 0 Å². The number of rotatable bonds is 7. The molecule has 2 unspecified atom stereocenters. The van der Waals surface area contributed by atoms with Crippen molar-refractivity contribution in [3.05, 3.63) is 81.0 Å². The number of aliphatic hydroxyl groups excluding tert-OH is 1. The molecule has 34 heavy (non-hydrogen) atoms. The van der Waals surface area contributed by atoms with Gasteiger partial charge in [0.15, 0.2) is 11.9 Å². The van der Waals surface area contributed by atoms with Crippen molar-refractivity contribution in [1.29, 1.82) is 0 Å². The Morgan fingerprint density at radius 2 is 1.68 bits per heavy atom. The van der Waals surface area contributed by atoms with Crippen LogP contribution in [-0.2, 0) is 15.0 Å². The molecule has 0 aliphatic rings. The van der Waals surface area contributed by atoms with E-state index in [0.29, 0.717) is 21.8 Å². The topological polar surface area (TPSA) is 107 Å². The number of anilines is 1. The number of amides is 2. The van der Waals surface area contributed by atoms with Gasteiger partial charge in [-0.15, -0.1) is 0 Å². The molecular weight excluding hydrogens is 489 g/mol. The summed E-state index contributed by atoms with van der Waals surface area (Å²) in [6, 6.07) is 8.11. The fourth-order valence-corrected chi connectivity index (χ4v) is 3.52. The SMILES string of the molecule is CC(NC(=O)C(O)c1cc(F)cc(F)c1)C(=O)Nc1cc(C(C)(C)c2ccc(Cl)c(Cl)c2)[nH]n1. The van der Waals surface area contributed by atoms with E-state index in [9.17, 15) is 23.5 Å². The van der Waals surface area contributed by atoms with Crippen LogP contribution in [0.4, 0.5) is 14.6 Å². The molecule has 180 valence electrons. The second kappa shape index (κ2) is 10.1. The molecule has 1 heterocycles. The molecule has 0 bridgehead atoms. The molecule has 3 rings (SSSR count). The first kappa shape index (κ1) is 25.6. The van der Waals surface area contributed by atoms with Crippen molar-refractivity contribution in [3.63, 3.8) is 0 Å². The van der Waals surface area contributed by atoms with E-state index < -0.39 is 41.0 Å². The lowest BCUT2D eigenvalue weighted by Crippen LogP contribution is -2.43. The molecule has 4 N–H and O–H groups in total. The lowest BCUT2D eigenvalue weighted by Gasteiger charge is -2.24. The highest BCUT2D eigenvalue weighted by atomic mass is 35.5. The molecule has 7 nitrogen and oxygen atoms in total. The van der Waals surface area contributed by atoms with Crippen LogP contribution in [0.5, 0.6) is 0 Å². The smallest absolute Gasteiger partial charge is 0.254 e. The first-order valence-electron chi connectivity index (χ1n) is 10.1. The van der Waals surface area contributed by atoms with Crippen LogP contribution in [0.25, 0.3) is 0 Å². The van der Waals surface area contributed by atoms with Crippen LogP contribution in [0, 0.1) is 11.6 Å². The standard InChI is InChI=1S/C23H22Cl2F2N4O3/c1-11(28-22(34)20(32)12-6-14(26)9-15(27)7-12)21(33)29-19-10-18(30-31-19)23(2,3)13-4-5-16(24)17(25)8-13/h4-11,20,32H,1-3H3,(H,28,34)(H2,29,30,31,33). The summed E-state index contributed by atoms with van der Waals surface area (Å²) in [6.45, 7) is 5.26. The van der Waals surface area contributed by atoms with Crippen LogP contribution < -0.4 is 10.6 Å². The maximum Gasteiger partial charge on any atom is 0.254 e. The Morgan fingerprint density at radius 3 is 2.29 bits per heavy atom. The Hall–Kier alpha value is -3.01. The number of aromatic amines is 1. The fraction of sp³-hybridized carbons (Fsp3) is 0.261. The summed E-state index contributed by atoms with van der Waals surface area (Å²) in [5, 5.41) is 22.8. The number of nitrogens with zero attached hydrogens (tertiary/aromatic N) is 1. The molecule has 0 aliphatic carbocycles. The number of nitrogens with one attached hydrogen (secondary N) is 3. The van der Waals surface area contributed by atoms with E-state index in [2.05, 4.69) is 20.8 Å². The van der Waals surface area contributed by atoms with Gasteiger partial charge in [0, 0.05) is 23.2 Å². The minimum absolute atomic E-state index is 0.210. The molecule has 0 spiro atoms. The fourth-order valence-electron chi connectivity index (χ4n) is 3.22. The zero-order chi connectivity index (χ0) is 25.2. The molecule has 2 aromatic carbocycles. The van der Waals surface area contributed by atoms with Gasteiger partial charge in [-0.2, -0.15) is 5.10 Å². The second-order valence-corrected chi connectivity index (χ2v) is 9.06. The summed E-state index contributed by atoms with van der Waals surface area (Å²) in [4.78, 5) is 24.8. The van der Waals surface area contributed by atoms with Crippen LogP contribution >= 0.6 is 23.2 Å². The maximum atomic E-state index is 13.3. The zero-order valence-electron chi connectivity index (χ0n) is 18.4. The third-order valence-electron chi connectivity index (χ3n) is 5.34. The lowest BCUT2D eigenvalue weighted by atomic mass is 9.81. The van der Waals surface area contributed by atoms with E-state index in [1.165, 1.54) is 6.92 Å². The normalized spacial score (nSPS) is 13.3. The summed E-state index contributed by atoms with van der Waals surface area (Å²) in [6.07, 6.45) is -1.86. The van der Waals surface area contributed by atoms with Gasteiger partial charge in [-0.1, -0.05) is 43.1 Å². The first-order valence-corrected chi connectivity index (χ1v) is 10.9. The first-order chi connectivity index (χ1) is 15.9. The Kier molecular flexibility index (Phi) is 7.60. The number of H-pyrrole nitrogens is 1. The molecule has 0 saturated heterocycles. The van der Waals surface area contributed by atoms with Crippen molar-refractivity contribution < 1.29 is 23.5 Å². The molecular formula is C23H22Cl2F2N4O3. The average Bonchev–Trinajstić information content (AvgIpc) is 3.23. The Morgan fingerprint density at radius 1 is 1.03 bits per heavy atom. The van der Waals surface area contributed by atoms with Crippen LogP contribution in [0.2, 0.25) is 10.0 Å². The predicted molar refractivity (Wildman–Crippen MR) is 125 cm³/mol. The molecule has 11 heteroatoms. The molecule has 0 aliphatic heterocycles. The minimum Gasteiger partial charge on any atom is -0.378 e. The molecule has 3 aromatic rings. The average molecular weight is 511 g/mol.